The first-order chi connectivity index (χ1) is 8.98. The molecule has 102 valence electrons. The van der Waals surface area contributed by atoms with E-state index in [1.54, 1.807) is 0 Å². The molecular formula is C17H26BN. The van der Waals surface area contributed by atoms with E-state index in [-0.39, 0.29) is 5.41 Å². The minimum atomic E-state index is 0.000718. The second-order valence-electron chi connectivity index (χ2n) is 4.59. The van der Waals surface area contributed by atoms with Crippen molar-refractivity contribution in [3.05, 3.63) is 49.2 Å². The van der Waals surface area contributed by atoms with Gasteiger partial charge in [0.15, 0.2) is 0 Å². The van der Waals surface area contributed by atoms with Gasteiger partial charge in [0, 0.05) is 23.3 Å². The van der Waals surface area contributed by atoms with Crippen molar-refractivity contribution in [3.8, 4) is 0 Å². The number of hydrogen-bond donors (Lipinski definition) is 0. The maximum atomic E-state index is 5.84. The van der Waals surface area contributed by atoms with E-state index in [9.17, 15) is 0 Å². The van der Waals surface area contributed by atoms with Crippen LogP contribution in [0.15, 0.2) is 43.6 Å². The Morgan fingerprint density at radius 2 is 1.74 bits per heavy atom. The molecular weight excluding hydrogens is 229 g/mol. The number of fused-ring (bicyclic) bond motifs is 1. The van der Waals surface area contributed by atoms with Crippen LogP contribution in [0.1, 0.15) is 40.2 Å². The van der Waals surface area contributed by atoms with Crippen molar-refractivity contribution >= 4 is 19.0 Å². The molecule has 0 bridgehead atoms. The first-order valence-electron chi connectivity index (χ1n) is 6.85. The lowest BCUT2D eigenvalue weighted by Gasteiger charge is -2.24. The Balaban J connectivity index is 0.000000741. The van der Waals surface area contributed by atoms with Crippen LogP contribution >= 0.6 is 0 Å². The minimum Gasteiger partial charge on any atom is -0.345 e. The van der Waals surface area contributed by atoms with E-state index in [1.807, 2.05) is 19.9 Å². The fourth-order valence-corrected chi connectivity index (χ4v) is 2.29. The van der Waals surface area contributed by atoms with Crippen LogP contribution in [0.4, 0.5) is 5.69 Å². The standard InChI is InChI=1S/C13H16BN.C2H6.C2H4/c1-5-15-9(2)13(3,4)11-8-10(14)6-7-12(11)15;2*1-2/h6-8H,2,5H2,1,3-4H3;1-2H3;1-2H2. The second kappa shape index (κ2) is 7.23. The van der Waals surface area contributed by atoms with Gasteiger partial charge in [-0.2, -0.15) is 0 Å². The highest BCUT2D eigenvalue weighted by molar-refractivity contribution is 6.32. The molecule has 1 aliphatic rings. The first kappa shape index (κ1) is 17.6. The Morgan fingerprint density at radius 1 is 1.21 bits per heavy atom. The van der Waals surface area contributed by atoms with Crippen LogP contribution in [-0.2, 0) is 5.41 Å². The van der Waals surface area contributed by atoms with Crippen LogP contribution in [0, 0.1) is 0 Å². The highest BCUT2D eigenvalue weighted by Crippen LogP contribution is 2.45. The third-order valence-corrected chi connectivity index (χ3v) is 3.35. The van der Waals surface area contributed by atoms with Gasteiger partial charge in [0.1, 0.15) is 7.85 Å². The molecule has 0 aromatic heterocycles. The van der Waals surface area contributed by atoms with Crippen molar-refractivity contribution in [3.63, 3.8) is 0 Å². The van der Waals surface area contributed by atoms with Crippen LogP contribution in [-0.4, -0.2) is 14.4 Å². The topological polar surface area (TPSA) is 3.24 Å². The average molecular weight is 255 g/mol. The molecule has 0 saturated heterocycles. The molecule has 0 aliphatic carbocycles. The van der Waals surface area contributed by atoms with Crippen LogP contribution in [0.25, 0.3) is 0 Å². The Bertz CT molecular complexity index is 435. The zero-order valence-electron chi connectivity index (χ0n) is 13.1. The summed E-state index contributed by atoms with van der Waals surface area (Å²) in [6, 6.07) is 6.11. The van der Waals surface area contributed by atoms with Gasteiger partial charge < -0.3 is 4.90 Å². The molecule has 1 nitrogen and oxygen atoms in total. The Hall–Kier alpha value is -1.44. The molecule has 1 aliphatic heterocycles. The summed E-state index contributed by atoms with van der Waals surface area (Å²) in [5, 5.41) is 0. The maximum Gasteiger partial charge on any atom is 0.113 e. The van der Waals surface area contributed by atoms with E-state index in [4.69, 9.17) is 7.85 Å². The van der Waals surface area contributed by atoms with E-state index in [1.165, 1.54) is 11.3 Å². The Morgan fingerprint density at radius 3 is 2.21 bits per heavy atom. The highest BCUT2D eigenvalue weighted by atomic mass is 15.2. The molecule has 0 saturated carbocycles. The summed E-state index contributed by atoms with van der Waals surface area (Å²) in [6.45, 7) is 21.7. The average Bonchev–Trinajstić information content (AvgIpc) is 2.63. The SMILES string of the molecule is C=C.CC.[B]c1ccc2c(c1)C(C)(C)C(=C)N2CC. The monoisotopic (exact) mass is 255 g/mol. The number of likely N-dealkylation sites (N-methyl/N-ethyl adjacent to an activating group) is 1. The molecule has 0 spiro atoms. The molecule has 0 fully saturated rings. The van der Waals surface area contributed by atoms with E-state index < -0.39 is 0 Å². The molecule has 2 rings (SSSR count). The lowest BCUT2D eigenvalue weighted by molar-refractivity contribution is 0.637. The molecule has 0 atom stereocenters. The number of hydrogen-bond acceptors (Lipinski definition) is 1. The summed E-state index contributed by atoms with van der Waals surface area (Å²) < 4.78 is 0. The lowest BCUT2D eigenvalue weighted by Crippen LogP contribution is -2.24. The van der Waals surface area contributed by atoms with Crippen molar-refractivity contribution in [2.75, 3.05) is 11.4 Å². The van der Waals surface area contributed by atoms with Crippen molar-refractivity contribution < 1.29 is 0 Å². The van der Waals surface area contributed by atoms with Gasteiger partial charge in [0.2, 0.25) is 0 Å². The minimum absolute atomic E-state index is 0.000718. The van der Waals surface area contributed by atoms with Gasteiger partial charge in [0.05, 0.1) is 0 Å². The second-order valence-corrected chi connectivity index (χ2v) is 4.59. The predicted octanol–water partition coefficient (Wildman–Crippen LogP) is 3.94. The largest absolute Gasteiger partial charge is 0.345 e. The summed E-state index contributed by atoms with van der Waals surface area (Å²) in [7, 11) is 5.84. The first-order valence-corrected chi connectivity index (χ1v) is 6.85. The zero-order chi connectivity index (χ0) is 15.2. The maximum absolute atomic E-state index is 5.84. The van der Waals surface area contributed by atoms with Gasteiger partial charge in [-0.25, -0.2) is 0 Å². The number of anilines is 1. The van der Waals surface area contributed by atoms with Gasteiger partial charge in [0.25, 0.3) is 0 Å². The van der Waals surface area contributed by atoms with Crippen molar-refractivity contribution in [2.45, 2.75) is 40.0 Å². The normalized spacial score (nSPS) is 14.8. The van der Waals surface area contributed by atoms with E-state index in [0.29, 0.717) is 0 Å². The number of rotatable bonds is 1. The molecule has 0 N–H and O–H groups in total. The van der Waals surface area contributed by atoms with Gasteiger partial charge in [-0.3, -0.25) is 0 Å². The fraction of sp³-hybridized carbons (Fsp3) is 0.412. The van der Waals surface area contributed by atoms with Gasteiger partial charge in [-0.1, -0.05) is 51.9 Å². The quantitative estimate of drug-likeness (QED) is 0.542. The van der Waals surface area contributed by atoms with Crippen LogP contribution in [0.5, 0.6) is 0 Å². The molecule has 0 amide bonds. The summed E-state index contributed by atoms with van der Waals surface area (Å²) in [5.41, 5.74) is 4.52. The number of benzene rings is 1. The molecule has 2 heteroatoms. The van der Waals surface area contributed by atoms with Gasteiger partial charge in [-0.05, 0) is 18.6 Å². The molecule has 0 unspecified atom stereocenters. The summed E-state index contributed by atoms with van der Waals surface area (Å²) in [6.07, 6.45) is 0. The molecule has 1 aromatic carbocycles. The third kappa shape index (κ3) is 3.12. The third-order valence-electron chi connectivity index (χ3n) is 3.35. The zero-order valence-corrected chi connectivity index (χ0v) is 13.1. The van der Waals surface area contributed by atoms with E-state index >= 15 is 0 Å². The summed E-state index contributed by atoms with van der Waals surface area (Å²) >= 11 is 0. The van der Waals surface area contributed by atoms with Crippen LogP contribution < -0.4 is 10.4 Å². The summed E-state index contributed by atoms with van der Waals surface area (Å²) in [5.74, 6) is 0. The van der Waals surface area contributed by atoms with E-state index in [2.05, 4.69) is 57.5 Å². The number of allylic oxidation sites excluding steroid dienone is 1. The van der Waals surface area contributed by atoms with Crippen LogP contribution in [0.3, 0.4) is 0 Å². The van der Waals surface area contributed by atoms with Crippen LogP contribution in [0.2, 0.25) is 0 Å². The van der Waals surface area contributed by atoms with Crippen molar-refractivity contribution in [1.82, 2.24) is 0 Å². The Kier molecular flexibility index (Phi) is 6.68. The molecule has 1 aromatic rings. The van der Waals surface area contributed by atoms with E-state index in [0.717, 1.165) is 17.7 Å². The predicted molar refractivity (Wildman–Crippen MR) is 89.6 cm³/mol. The molecule has 19 heavy (non-hydrogen) atoms. The van der Waals surface area contributed by atoms with Crippen molar-refractivity contribution in [1.29, 1.82) is 0 Å². The van der Waals surface area contributed by atoms with Gasteiger partial charge in [-0.15, -0.1) is 13.2 Å². The van der Waals surface area contributed by atoms with Crippen molar-refractivity contribution in [2.24, 2.45) is 0 Å². The smallest absolute Gasteiger partial charge is 0.113 e. The summed E-state index contributed by atoms with van der Waals surface area (Å²) in [4.78, 5) is 2.26. The molecule has 1 heterocycles. The number of nitrogens with zero attached hydrogens (tertiary/aromatic N) is 1. The lowest BCUT2D eigenvalue weighted by atomic mass is 9.81. The van der Waals surface area contributed by atoms with Gasteiger partial charge >= 0.3 is 0 Å². The molecule has 2 radical (unpaired) electrons. The Labute approximate surface area is 120 Å². The fourth-order valence-electron chi connectivity index (χ4n) is 2.29. The highest BCUT2D eigenvalue weighted by Gasteiger charge is 2.37.